The third-order valence-corrected chi connectivity index (χ3v) is 5.00. The molecule has 0 saturated heterocycles. The van der Waals surface area contributed by atoms with Gasteiger partial charge in [0.15, 0.2) is 22.8 Å². The first kappa shape index (κ1) is 25.2. The lowest BCUT2D eigenvalue weighted by molar-refractivity contribution is 0.0973. The van der Waals surface area contributed by atoms with Crippen LogP contribution in [0.25, 0.3) is 11.2 Å². The van der Waals surface area contributed by atoms with Gasteiger partial charge in [0, 0.05) is 18.3 Å². The molecular formula is C20H25N12O3. The molecule has 0 spiro atoms. The highest BCUT2D eigenvalue weighted by Gasteiger charge is 2.22. The smallest absolute Gasteiger partial charge is 0.336 e. The van der Waals surface area contributed by atoms with Gasteiger partial charge < -0.3 is 22.1 Å². The summed E-state index contributed by atoms with van der Waals surface area (Å²) in [6.07, 6.45) is 3.07. The second-order valence-corrected chi connectivity index (χ2v) is 7.42. The van der Waals surface area contributed by atoms with E-state index in [2.05, 4.69) is 19.9 Å². The van der Waals surface area contributed by atoms with Gasteiger partial charge in [0.05, 0.1) is 24.5 Å². The molecule has 0 bridgehead atoms. The van der Waals surface area contributed by atoms with Crippen LogP contribution in [0.2, 0.25) is 0 Å². The van der Waals surface area contributed by atoms with Crippen molar-refractivity contribution >= 4 is 46.5 Å². The molecule has 10 N–H and O–H groups in total. The molecular weight excluding hydrogens is 456 g/mol. The fraction of sp³-hybridized carbons (Fsp3) is 0.200. The average Bonchev–Trinajstić information content (AvgIpc) is 2.86. The number of nitrogens with zero attached hydrogens (tertiary/aromatic N) is 7. The summed E-state index contributed by atoms with van der Waals surface area (Å²) in [6, 6.07) is 4.17. The fourth-order valence-corrected chi connectivity index (χ4v) is 3.03. The van der Waals surface area contributed by atoms with Crippen molar-refractivity contribution in [3.05, 3.63) is 48.1 Å². The van der Waals surface area contributed by atoms with Gasteiger partial charge in [-0.2, -0.15) is 15.0 Å². The molecule has 15 nitrogen and oxygen atoms in total. The van der Waals surface area contributed by atoms with E-state index in [9.17, 15) is 14.4 Å². The normalized spacial score (nSPS) is 11.7. The second-order valence-electron chi connectivity index (χ2n) is 7.42. The minimum atomic E-state index is -1.05. The van der Waals surface area contributed by atoms with Crippen LogP contribution in [-0.4, -0.2) is 50.9 Å². The number of nitrogens with two attached hydrogens (primary N) is 5. The van der Waals surface area contributed by atoms with Gasteiger partial charge in [0.1, 0.15) is 0 Å². The van der Waals surface area contributed by atoms with E-state index in [1.165, 1.54) is 6.20 Å². The first-order valence-electron chi connectivity index (χ1n) is 10.2. The van der Waals surface area contributed by atoms with Crippen LogP contribution in [-0.2, 0) is 6.54 Å². The number of amides is 4. The summed E-state index contributed by atoms with van der Waals surface area (Å²) in [6.45, 7) is 2.01. The van der Waals surface area contributed by atoms with E-state index in [0.717, 1.165) is 5.69 Å². The minimum Gasteiger partial charge on any atom is -0.369 e. The van der Waals surface area contributed by atoms with Crippen molar-refractivity contribution in [2.45, 2.75) is 19.5 Å². The molecule has 183 valence electrons. The van der Waals surface area contributed by atoms with Crippen molar-refractivity contribution in [1.29, 1.82) is 0 Å². The number of aromatic nitrogens is 4. The van der Waals surface area contributed by atoms with E-state index in [-0.39, 0.29) is 35.3 Å². The number of benzene rings is 1. The van der Waals surface area contributed by atoms with Crippen LogP contribution in [0.4, 0.5) is 27.0 Å². The Balaban J connectivity index is 1.93. The van der Waals surface area contributed by atoms with Gasteiger partial charge in [-0.1, -0.05) is 6.92 Å². The Bertz CT molecular complexity index is 1270. The quantitative estimate of drug-likeness (QED) is 0.117. The number of Topliss-reactive ketones (excluding diaryl/α,β-unsaturated/α-hetero) is 1. The van der Waals surface area contributed by atoms with Crippen molar-refractivity contribution in [2.24, 2.45) is 28.9 Å². The van der Waals surface area contributed by atoms with E-state index >= 15 is 0 Å². The van der Waals surface area contributed by atoms with Crippen LogP contribution in [0.15, 0.2) is 30.5 Å². The van der Waals surface area contributed by atoms with Crippen LogP contribution in [0.3, 0.4) is 0 Å². The third kappa shape index (κ3) is 5.37. The Morgan fingerprint density at radius 2 is 1.63 bits per heavy atom. The molecule has 4 amide bonds. The largest absolute Gasteiger partial charge is 0.369 e. The maximum Gasteiger partial charge on any atom is 0.336 e. The molecule has 0 aliphatic carbocycles. The number of fused-ring (bicyclic) bond motifs is 1. The zero-order chi connectivity index (χ0) is 25.9. The number of hydrogen-bond donors (Lipinski definition) is 5. The molecule has 3 rings (SSSR count). The summed E-state index contributed by atoms with van der Waals surface area (Å²) in [5.74, 6) is 10.5. The van der Waals surface area contributed by atoms with Gasteiger partial charge in [-0.3, -0.25) is 4.79 Å². The van der Waals surface area contributed by atoms with Gasteiger partial charge >= 0.3 is 12.1 Å². The third-order valence-electron chi connectivity index (χ3n) is 5.00. The number of anilines is 3. The molecule has 0 fully saturated rings. The highest BCUT2D eigenvalue weighted by molar-refractivity contribution is 6.01. The monoisotopic (exact) mass is 481 g/mol. The maximum atomic E-state index is 12.2. The molecule has 1 atom stereocenters. The molecule has 2 aromatic heterocycles. The van der Waals surface area contributed by atoms with Crippen molar-refractivity contribution in [3.8, 4) is 0 Å². The van der Waals surface area contributed by atoms with Gasteiger partial charge in [0.25, 0.3) is 5.95 Å². The number of hydrazine groups is 2. The number of ketones is 1. The van der Waals surface area contributed by atoms with Crippen LogP contribution < -0.4 is 43.8 Å². The second kappa shape index (κ2) is 10.2. The Morgan fingerprint density at radius 3 is 2.20 bits per heavy atom. The minimum absolute atomic E-state index is 0.00302. The van der Waals surface area contributed by atoms with E-state index in [1.54, 1.807) is 37.6 Å². The van der Waals surface area contributed by atoms with E-state index in [4.69, 9.17) is 28.9 Å². The molecule has 15 heteroatoms. The first-order chi connectivity index (χ1) is 16.5. The van der Waals surface area contributed by atoms with E-state index < -0.39 is 18.1 Å². The van der Waals surface area contributed by atoms with Gasteiger partial charge in [-0.25, -0.2) is 36.3 Å². The van der Waals surface area contributed by atoms with Gasteiger partial charge in [-0.15, -0.1) is 0 Å². The summed E-state index contributed by atoms with van der Waals surface area (Å²) in [5.41, 5.74) is 18.0. The van der Waals surface area contributed by atoms with Crippen LogP contribution in [0, 0.1) is 6.42 Å². The summed E-state index contributed by atoms with van der Waals surface area (Å²) in [4.78, 5) is 53.9. The molecule has 1 aromatic carbocycles. The molecule has 0 aliphatic rings. The summed E-state index contributed by atoms with van der Waals surface area (Å²) < 4.78 is 0. The molecule has 0 aliphatic heterocycles. The number of carbonyl (C=O) groups excluding carboxylic acids is 3. The zero-order valence-electron chi connectivity index (χ0n) is 19.0. The predicted octanol–water partition coefficient (Wildman–Crippen LogP) is -0.692. The van der Waals surface area contributed by atoms with Crippen molar-refractivity contribution in [2.75, 3.05) is 22.0 Å². The number of primary amides is 2. The zero-order valence-corrected chi connectivity index (χ0v) is 19.0. The lowest BCUT2D eigenvalue weighted by atomic mass is 10.0. The standard InChI is InChI=1S/C20H25N12O3/c1-3-13(21)15(33)10-4-6-12(7-5-10)30(2)9-11-8-26-16-14(27-11)17(31(24)18(22)34)29-20(28-16)32(25)19(23)35/h3-8,13H,9,21,24-25H2,1-2H3,(H2,22,34)(H2,23,35). The van der Waals surface area contributed by atoms with Crippen LogP contribution in [0.1, 0.15) is 23.0 Å². The van der Waals surface area contributed by atoms with Crippen LogP contribution in [0.5, 0.6) is 0 Å². The molecule has 1 radical (unpaired) electrons. The van der Waals surface area contributed by atoms with Crippen LogP contribution >= 0.6 is 0 Å². The fourth-order valence-electron chi connectivity index (χ4n) is 3.03. The number of hydrogen-bond acceptors (Lipinski definition) is 11. The average molecular weight is 482 g/mol. The summed E-state index contributed by atoms with van der Waals surface area (Å²) in [7, 11) is 1.81. The molecule has 2 heterocycles. The van der Waals surface area contributed by atoms with Gasteiger partial charge in [0.2, 0.25) is 0 Å². The lowest BCUT2D eigenvalue weighted by Crippen LogP contribution is -2.45. The Morgan fingerprint density at radius 1 is 1.00 bits per heavy atom. The topological polar surface area (TPSA) is 243 Å². The molecule has 35 heavy (non-hydrogen) atoms. The summed E-state index contributed by atoms with van der Waals surface area (Å²) in [5, 5.41) is 0.986. The highest BCUT2D eigenvalue weighted by atomic mass is 16.2. The lowest BCUT2D eigenvalue weighted by Gasteiger charge is -2.20. The summed E-state index contributed by atoms with van der Waals surface area (Å²) >= 11 is 0. The molecule has 0 saturated carbocycles. The van der Waals surface area contributed by atoms with E-state index in [1.807, 2.05) is 11.9 Å². The van der Waals surface area contributed by atoms with E-state index in [0.29, 0.717) is 21.3 Å². The highest BCUT2D eigenvalue weighted by Crippen LogP contribution is 2.23. The number of urea groups is 2. The number of carbonyl (C=O) groups is 3. The molecule has 3 aromatic rings. The predicted molar refractivity (Wildman–Crippen MR) is 128 cm³/mol. The molecule has 1 unspecified atom stereocenters. The Hall–Kier alpha value is -4.47. The van der Waals surface area contributed by atoms with Gasteiger partial charge in [-0.05, 0) is 30.7 Å². The maximum absolute atomic E-state index is 12.2. The van der Waals surface area contributed by atoms with Crippen molar-refractivity contribution in [3.63, 3.8) is 0 Å². The Kier molecular flexibility index (Phi) is 7.34. The SMILES string of the molecule is C[CH]C(N)C(=O)c1ccc(N(C)Cc2cnc3nc(N(N)C(N)=O)nc(N(N)C(N)=O)c3n2)cc1. The first-order valence-corrected chi connectivity index (χ1v) is 10.2. The number of rotatable bonds is 8. The van der Waals surface area contributed by atoms with Crippen molar-refractivity contribution in [1.82, 2.24) is 19.9 Å². The van der Waals surface area contributed by atoms with Crippen molar-refractivity contribution < 1.29 is 14.4 Å². The Labute approximate surface area is 199 Å².